The molecule has 2 aromatic carbocycles. The second-order valence-corrected chi connectivity index (χ2v) is 4.26. The molecule has 0 fully saturated rings. The van der Waals surface area contributed by atoms with E-state index in [1.165, 1.54) is 0 Å². The van der Waals surface area contributed by atoms with E-state index in [9.17, 15) is 8.78 Å². The van der Waals surface area contributed by atoms with Crippen LogP contribution < -0.4 is 5.32 Å². The first-order valence-electron chi connectivity index (χ1n) is 5.47. The Kier molecular flexibility index (Phi) is 3.98. The number of benzene rings is 2. The fourth-order valence-corrected chi connectivity index (χ4v) is 1.84. The molecule has 0 aliphatic carbocycles. The molecule has 0 saturated carbocycles. The van der Waals surface area contributed by atoms with Crippen molar-refractivity contribution in [1.82, 2.24) is 0 Å². The fraction of sp³-hybridized carbons (Fsp3) is 0.0714. The van der Waals surface area contributed by atoms with Gasteiger partial charge in [-0.1, -0.05) is 23.7 Å². The monoisotopic (exact) mass is 278 g/mol. The molecule has 19 heavy (non-hydrogen) atoms. The van der Waals surface area contributed by atoms with Crippen LogP contribution in [0.1, 0.15) is 11.6 Å². The average molecular weight is 279 g/mol. The van der Waals surface area contributed by atoms with Crippen LogP contribution in [0.15, 0.2) is 42.5 Å². The lowest BCUT2D eigenvalue weighted by atomic mass is 10.1. The number of para-hydroxylation sites is 1. The summed E-state index contributed by atoms with van der Waals surface area (Å²) in [6.45, 7) is 0. The van der Waals surface area contributed by atoms with Crippen LogP contribution in [0.5, 0.6) is 0 Å². The molecule has 0 heterocycles. The average Bonchev–Trinajstić information content (AvgIpc) is 2.41. The molecule has 0 amide bonds. The van der Waals surface area contributed by atoms with Gasteiger partial charge in [0, 0.05) is 5.56 Å². The summed E-state index contributed by atoms with van der Waals surface area (Å²) < 4.78 is 26.8. The lowest BCUT2D eigenvalue weighted by Crippen LogP contribution is -2.11. The Balaban J connectivity index is 2.34. The number of hydrogen-bond acceptors (Lipinski definition) is 2. The van der Waals surface area contributed by atoms with Gasteiger partial charge in [-0.25, -0.2) is 8.78 Å². The summed E-state index contributed by atoms with van der Waals surface area (Å²) in [5.74, 6) is -1.25. The van der Waals surface area contributed by atoms with Crippen molar-refractivity contribution in [2.45, 2.75) is 6.04 Å². The van der Waals surface area contributed by atoms with Crippen molar-refractivity contribution in [1.29, 1.82) is 5.26 Å². The highest BCUT2D eigenvalue weighted by Crippen LogP contribution is 2.27. The Labute approximate surface area is 114 Å². The van der Waals surface area contributed by atoms with Gasteiger partial charge in [0.15, 0.2) is 0 Å². The van der Waals surface area contributed by atoms with Gasteiger partial charge in [-0.3, -0.25) is 0 Å². The van der Waals surface area contributed by atoms with Gasteiger partial charge in [0.25, 0.3) is 0 Å². The summed E-state index contributed by atoms with van der Waals surface area (Å²) in [7, 11) is 0. The predicted molar refractivity (Wildman–Crippen MR) is 69.8 cm³/mol. The Bertz CT molecular complexity index is 638. The third kappa shape index (κ3) is 3.01. The number of rotatable bonds is 3. The van der Waals surface area contributed by atoms with E-state index in [0.717, 1.165) is 18.2 Å². The minimum absolute atomic E-state index is 0.0533. The molecule has 0 radical (unpaired) electrons. The molecule has 2 nitrogen and oxygen atoms in total. The van der Waals surface area contributed by atoms with Crippen molar-refractivity contribution in [3.63, 3.8) is 0 Å². The van der Waals surface area contributed by atoms with Crippen LogP contribution in [0.25, 0.3) is 0 Å². The molecule has 0 spiro atoms. The van der Waals surface area contributed by atoms with Gasteiger partial charge < -0.3 is 5.32 Å². The normalized spacial score (nSPS) is 11.7. The highest BCUT2D eigenvalue weighted by Gasteiger charge is 2.16. The van der Waals surface area contributed by atoms with E-state index in [0.29, 0.717) is 10.7 Å². The van der Waals surface area contributed by atoms with Crippen LogP contribution >= 0.6 is 11.6 Å². The summed E-state index contributed by atoms with van der Waals surface area (Å²) in [4.78, 5) is 0. The van der Waals surface area contributed by atoms with Gasteiger partial charge in [0.1, 0.15) is 17.7 Å². The van der Waals surface area contributed by atoms with Gasteiger partial charge >= 0.3 is 0 Å². The third-order valence-electron chi connectivity index (χ3n) is 2.57. The first kappa shape index (κ1) is 13.3. The summed E-state index contributed by atoms with van der Waals surface area (Å²) in [6.07, 6.45) is 0. The molecule has 2 rings (SSSR count). The summed E-state index contributed by atoms with van der Waals surface area (Å²) in [5, 5.41) is 12.3. The van der Waals surface area contributed by atoms with E-state index in [-0.39, 0.29) is 5.56 Å². The van der Waals surface area contributed by atoms with E-state index < -0.39 is 17.7 Å². The molecule has 0 aromatic heterocycles. The number of anilines is 1. The van der Waals surface area contributed by atoms with Gasteiger partial charge in [0.05, 0.1) is 16.8 Å². The minimum Gasteiger partial charge on any atom is -0.365 e. The predicted octanol–water partition coefficient (Wildman–Crippen LogP) is 4.29. The molecule has 1 N–H and O–H groups in total. The minimum atomic E-state index is -1.02. The Hall–Kier alpha value is -2.12. The molecule has 0 bridgehead atoms. The standard InChI is InChI=1S/C14H9ClF2N2/c15-11-3-1-2-4-13(11)19-14(8-18)10-7-9(16)5-6-12(10)17/h1-7,14,19H. The smallest absolute Gasteiger partial charge is 0.143 e. The van der Waals surface area contributed by atoms with Gasteiger partial charge in [0.2, 0.25) is 0 Å². The molecule has 1 atom stereocenters. The van der Waals surface area contributed by atoms with E-state index >= 15 is 0 Å². The van der Waals surface area contributed by atoms with Crippen LogP contribution in [-0.4, -0.2) is 0 Å². The van der Waals surface area contributed by atoms with Gasteiger partial charge in [-0.2, -0.15) is 5.26 Å². The molecule has 0 saturated heterocycles. The lowest BCUT2D eigenvalue weighted by Gasteiger charge is -2.15. The number of halogens is 3. The second kappa shape index (κ2) is 5.68. The quantitative estimate of drug-likeness (QED) is 0.909. The number of nitriles is 1. The summed E-state index contributed by atoms with van der Waals surface area (Å²) >= 11 is 5.94. The van der Waals surface area contributed by atoms with Crippen LogP contribution in [0.3, 0.4) is 0 Å². The molecular formula is C14H9ClF2N2. The van der Waals surface area contributed by atoms with Crippen molar-refractivity contribution < 1.29 is 8.78 Å². The third-order valence-corrected chi connectivity index (χ3v) is 2.90. The maximum Gasteiger partial charge on any atom is 0.143 e. The van der Waals surface area contributed by atoms with E-state index in [1.54, 1.807) is 24.3 Å². The van der Waals surface area contributed by atoms with Crippen molar-refractivity contribution in [2.24, 2.45) is 0 Å². The van der Waals surface area contributed by atoms with Crippen LogP contribution in [0, 0.1) is 23.0 Å². The zero-order chi connectivity index (χ0) is 13.8. The van der Waals surface area contributed by atoms with Crippen LogP contribution in [0.4, 0.5) is 14.5 Å². The van der Waals surface area contributed by atoms with Gasteiger partial charge in [-0.15, -0.1) is 0 Å². The van der Waals surface area contributed by atoms with Crippen molar-refractivity contribution in [3.05, 3.63) is 64.7 Å². The molecule has 1 unspecified atom stereocenters. The first-order chi connectivity index (χ1) is 9.11. The zero-order valence-corrected chi connectivity index (χ0v) is 10.5. The Morgan fingerprint density at radius 2 is 1.89 bits per heavy atom. The van der Waals surface area contributed by atoms with Crippen molar-refractivity contribution in [3.8, 4) is 6.07 Å². The highest BCUT2D eigenvalue weighted by molar-refractivity contribution is 6.33. The molecule has 5 heteroatoms. The topological polar surface area (TPSA) is 35.8 Å². The highest BCUT2D eigenvalue weighted by atomic mass is 35.5. The summed E-state index contributed by atoms with van der Waals surface area (Å²) in [5.41, 5.74) is 0.432. The largest absolute Gasteiger partial charge is 0.365 e. The number of nitrogens with one attached hydrogen (secondary N) is 1. The maximum absolute atomic E-state index is 13.6. The van der Waals surface area contributed by atoms with Gasteiger partial charge in [-0.05, 0) is 30.3 Å². The van der Waals surface area contributed by atoms with Crippen molar-refractivity contribution >= 4 is 17.3 Å². The van der Waals surface area contributed by atoms with E-state index in [2.05, 4.69) is 5.32 Å². The number of hydrogen-bond donors (Lipinski definition) is 1. The summed E-state index contributed by atoms with van der Waals surface area (Å²) in [6, 6.07) is 10.6. The molecule has 0 aliphatic heterocycles. The van der Waals surface area contributed by atoms with Crippen LogP contribution in [-0.2, 0) is 0 Å². The fourth-order valence-electron chi connectivity index (χ4n) is 1.65. The Morgan fingerprint density at radius 1 is 1.16 bits per heavy atom. The number of nitrogens with zero attached hydrogens (tertiary/aromatic N) is 1. The lowest BCUT2D eigenvalue weighted by molar-refractivity contribution is 0.583. The molecular weight excluding hydrogens is 270 g/mol. The van der Waals surface area contributed by atoms with E-state index in [4.69, 9.17) is 16.9 Å². The van der Waals surface area contributed by atoms with E-state index in [1.807, 2.05) is 6.07 Å². The SMILES string of the molecule is N#CC(Nc1ccccc1Cl)c1cc(F)ccc1F. The maximum atomic E-state index is 13.6. The molecule has 2 aromatic rings. The zero-order valence-electron chi connectivity index (χ0n) is 9.70. The van der Waals surface area contributed by atoms with Crippen molar-refractivity contribution in [2.75, 3.05) is 5.32 Å². The molecule has 96 valence electrons. The van der Waals surface area contributed by atoms with Crippen LogP contribution in [0.2, 0.25) is 5.02 Å². The Morgan fingerprint density at radius 3 is 2.58 bits per heavy atom. The first-order valence-corrected chi connectivity index (χ1v) is 5.85. The second-order valence-electron chi connectivity index (χ2n) is 3.85. The molecule has 0 aliphatic rings.